The third kappa shape index (κ3) is 4.85. The molecule has 0 amide bonds. The molecule has 0 radical (unpaired) electrons. The van der Waals surface area contributed by atoms with Gasteiger partial charge in [0.05, 0.1) is 6.10 Å². The number of benzene rings is 1. The van der Waals surface area contributed by atoms with Crippen molar-refractivity contribution in [2.75, 3.05) is 0 Å². The van der Waals surface area contributed by atoms with E-state index in [9.17, 15) is 4.39 Å². The monoisotopic (exact) mass is 266 g/mol. The summed E-state index contributed by atoms with van der Waals surface area (Å²) in [5.74, 6) is 0.639. The van der Waals surface area contributed by atoms with E-state index in [1.54, 1.807) is 12.1 Å². The van der Waals surface area contributed by atoms with E-state index in [-0.39, 0.29) is 17.3 Å². The average Bonchev–Trinajstić information content (AvgIpc) is 2.31. The molecule has 1 rings (SSSR count). The summed E-state index contributed by atoms with van der Waals surface area (Å²) >= 11 is 0. The number of ether oxygens (including phenoxy) is 1. The highest BCUT2D eigenvalue weighted by Gasteiger charge is 2.21. The summed E-state index contributed by atoms with van der Waals surface area (Å²) < 4.78 is 19.6. The topological polar surface area (TPSA) is 9.23 Å². The Morgan fingerprint density at radius 2 is 1.68 bits per heavy atom. The van der Waals surface area contributed by atoms with Gasteiger partial charge in [-0.2, -0.15) is 0 Å². The van der Waals surface area contributed by atoms with Crippen molar-refractivity contribution in [3.63, 3.8) is 0 Å². The molecule has 1 aromatic carbocycles. The fraction of sp³-hybridized carbons (Fsp3) is 0.647. The summed E-state index contributed by atoms with van der Waals surface area (Å²) in [6, 6.07) is 4.86. The van der Waals surface area contributed by atoms with Crippen LogP contribution in [0.4, 0.5) is 4.39 Å². The lowest BCUT2D eigenvalue weighted by atomic mass is 9.86. The molecule has 0 aromatic heterocycles. The van der Waals surface area contributed by atoms with Gasteiger partial charge in [-0.15, -0.1) is 0 Å². The first-order valence-corrected chi connectivity index (χ1v) is 7.35. The van der Waals surface area contributed by atoms with Crippen LogP contribution in [0.2, 0.25) is 0 Å². The normalized spacial score (nSPS) is 11.9. The number of halogens is 1. The van der Waals surface area contributed by atoms with Crippen LogP contribution in [0.1, 0.15) is 65.9 Å². The molecule has 1 aromatic rings. The Kier molecular flexibility index (Phi) is 5.84. The third-order valence-electron chi connectivity index (χ3n) is 3.26. The van der Waals surface area contributed by atoms with Gasteiger partial charge in [0.15, 0.2) is 0 Å². The third-order valence-corrected chi connectivity index (χ3v) is 3.26. The summed E-state index contributed by atoms with van der Waals surface area (Å²) in [5, 5.41) is 0. The van der Waals surface area contributed by atoms with E-state index in [2.05, 4.69) is 34.6 Å². The second-order valence-electron chi connectivity index (χ2n) is 6.21. The van der Waals surface area contributed by atoms with Crippen molar-refractivity contribution in [1.29, 1.82) is 0 Å². The lowest BCUT2D eigenvalue weighted by molar-refractivity contribution is 0.175. The van der Waals surface area contributed by atoms with E-state index < -0.39 is 0 Å². The maximum absolute atomic E-state index is 13.5. The van der Waals surface area contributed by atoms with Crippen LogP contribution in [-0.4, -0.2) is 6.10 Å². The Hall–Kier alpha value is -1.05. The van der Waals surface area contributed by atoms with Crippen LogP contribution in [0, 0.1) is 5.82 Å². The highest BCUT2D eigenvalue weighted by Crippen LogP contribution is 2.33. The van der Waals surface area contributed by atoms with Crippen molar-refractivity contribution >= 4 is 0 Å². The minimum atomic E-state index is -0.195. The molecule has 0 unspecified atom stereocenters. The first-order chi connectivity index (χ1) is 8.88. The Morgan fingerprint density at radius 1 is 1.11 bits per heavy atom. The van der Waals surface area contributed by atoms with Crippen molar-refractivity contribution in [1.82, 2.24) is 0 Å². The molecule has 0 bridgehead atoms. The molecule has 0 heterocycles. The van der Waals surface area contributed by atoms with Crippen LogP contribution >= 0.6 is 0 Å². The standard InChI is InChI=1S/C17H27FO/c1-6-8-14(9-7-2)19-16-11-10-13(18)12-15(16)17(3,4)5/h10-12,14H,6-9H2,1-5H3. The van der Waals surface area contributed by atoms with Gasteiger partial charge in [0.2, 0.25) is 0 Å². The van der Waals surface area contributed by atoms with E-state index in [0.717, 1.165) is 37.0 Å². The molecule has 2 heteroatoms. The minimum Gasteiger partial charge on any atom is -0.490 e. The van der Waals surface area contributed by atoms with Crippen LogP contribution in [0.15, 0.2) is 18.2 Å². The van der Waals surface area contributed by atoms with Crippen molar-refractivity contribution in [2.24, 2.45) is 0 Å². The highest BCUT2D eigenvalue weighted by molar-refractivity contribution is 5.39. The van der Waals surface area contributed by atoms with E-state index >= 15 is 0 Å². The number of hydrogen-bond acceptors (Lipinski definition) is 1. The molecular weight excluding hydrogens is 239 g/mol. The lowest BCUT2D eigenvalue weighted by Crippen LogP contribution is -2.20. The molecule has 1 nitrogen and oxygen atoms in total. The molecular formula is C17H27FO. The van der Waals surface area contributed by atoms with Gasteiger partial charge in [0, 0.05) is 5.56 Å². The van der Waals surface area contributed by atoms with Crippen molar-refractivity contribution in [2.45, 2.75) is 71.8 Å². The van der Waals surface area contributed by atoms with E-state index in [0.29, 0.717) is 0 Å². The Balaban J connectivity index is 2.98. The van der Waals surface area contributed by atoms with Gasteiger partial charge in [0.1, 0.15) is 11.6 Å². The van der Waals surface area contributed by atoms with Gasteiger partial charge in [-0.1, -0.05) is 47.5 Å². The van der Waals surface area contributed by atoms with Crippen LogP contribution in [0.3, 0.4) is 0 Å². The maximum Gasteiger partial charge on any atom is 0.123 e. The quantitative estimate of drug-likeness (QED) is 0.663. The van der Waals surface area contributed by atoms with E-state index in [4.69, 9.17) is 4.74 Å². The zero-order chi connectivity index (χ0) is 14.5. The number of rotatable bonds is 6. The Morgan fingerprint density at radius 3 is 2.16 bits per heavy atom. The van der Waals surface area contributed by atoms with Gasteiger partial charge >= 0.3 is 0 Å². The van der Waals surface area contributed by atoms with Crippen LogP contribution in [-0.2, 0) is 5.41 Å². The van der Waals surface area contributed by atoms with Crippen LogP contribution in [0.25, 0.3) is 0 Å². The van der Waals surface area contributed by atoms with Gasteiger partial charge in [-0.3, -0.25) is 0 Å². The van der Waals surface area contributed by atoms with E-state index in [1.165, 1.54) is 6.07 Å². The summed E-state index contributed by atoms with van der Waals surface area (Å²) in [5.41, 5.74) is 0.838. The minimum absolute atomic E-state index is 0.111. The van der Waals surface area contributed by atoms with Crippen LogP contribution < -0.4 is 4.74 Å². The summed E-state index contributed by atoms with van der Waals surface area (Å²) in [4.78, 5) is 0. The van der Waals surface area contributed by atoms with E-state index in [1.807, 2.05) is 0 Å². The SMILES string of the molecule is CCCC(CCC)Oc1ccc(F)cc1C(C)(C)C. The molecule has 0 spiro atoms. The molecule has 0 saturated heterocycles. The zero-order valence-electron chi connectivity index (χ0n) is 12.9. The van der Waals surface area contributed by atoms with Gasteiger partial charge in [-0.25, -0.2) is 4.39 Å². The molecule has 0 fully saturated rings. The van der Waals surface area contributed by atoms with Gasteiger partial charge in [-0.05, 0) is 36.5 Å². The summed E-state index contributed by atoms with van der Waals surface area (Å²) in [7, 11) is 0. The predicted molar refractivity (Wildman–Crippen MR) is 79.3 cm³/mol. The molecule has 0 aliphatic rings. The lowest BCUT2D eigenvalue weighted by Gasteiger charge is -2.26. The Labute approximate surface area is 117 Å². The van der Waals surface area contributed by atoms with Crippen molar-refractivity contribution in [3.05, 3.63) is 29.6 Å². The van der Waals surface area contributed by atoms with Gasteiger partial charge in [0.25, 0.3) is 0 Å². The largest absolute Gasteiger partial charge is 0.490 e. The van der Waals surface area contributed by atoms with Gasteiger partial charge < -0.3 is 4.74 Å². The fourth-order valence-corrected chi connectivity index (χ4v) is 2.28. The molecule has 108 valence electrons. The molecule has 0 aliphatic heterocycles. The fourth-order valence-electron chi connectivity index (χ4n) is 2.28. The predicted octanol–water partition coefficient (Wildman–Crippen LogP) is 5.47. The Bertz CT molecular complexity index is 387. The maximum atomic E-state index is 13.5. The number of hydrogen-bond donors (Lipinski definition) is 0. The smallest absolute Gasteiger partial charge is 0.123 e. The second-order valence-corrected chi connectivity index (χ2v) is 6.21. The molecule has 0 aliphatic carbocycles. The van der Waals surface area contributed by atoms with Crippen molar-refractivity contribution in [3.8, 4) is 5.75 Å². The van der Waals surface area contributed by atoms with Crippen molar-refractivity contribution < 1.29 is 9.13 Å². The molecule has 0 N–H and O–H groups in total. The first-order valence-electron chi connectivity index (χ1n) is 7.35. The average molecular weight is 266 g/mol. The highest BCUT2D eigenvalue weighted by atomic mass is 19.1. The molecule has 19 heavy (non-hydrogen) atoms. The summed E-state index contributed by atoms with van der Waals surface area (Å²) in [6.45, 7) is 10.6. The zero-order valence-corrected chi connectivity index (χ0v) is 12.9. The second kappa shape index (κ2) is 6.93. The summed E-state index contributed by atoms with van der Waals surface area (Å²) in [6.07, 6.45) is 4.55. The first kappa shape index (κ1) is 16.0. The van der Waals surface area contributed by atoms with Crippen LogP contribution in [0.5, 0.6) is 5.75 Å². The molecule has 0 atom stereocenters. The molecule has 0 saturated carbocycles.